The highest BCUT2D eigenvalue weighted by atomic mass is 16.2. The van der Waals surface area contributed by atoms with Gasteiger partial charge in [-0.2, -0.15) is 0 Å². The second-order valence-corrected chi connectivity index (χ2v) is 8.09. The Morgan fingerprint density at radius 3 is 1.22 bits per heavy atom. The van der Waals surface area contributed by atoms with Crippen LogP contribution in [0.1, 0.15) is 64.5 Å². The third kappa shape index (κ3) is 5.19. The first-order chi connectivity index (χ1) is 12.6. The quantitative estimate of drug-likeness (QED) is 0.660. The first-order valence-corrected chi connectivity index (χ1v) is 9.44. The number of rotatable bonds is 6. The van der Waals surface area contributed by atoms with Gasteiger partial charge in [0.2, 0.25) is 11.8 Å². The lowest BCUT2D eigenvalue weighted by Gasteiger charge is -2.23. The molecule has 4 nitrogen and oxygen atoms in total. The number of anilines is 2. The first-order valence-electron chi connectivity index (χ1n) is 9.44. The van der Waals surface area contributed by atoms with Crippen LogP contribution in [0.15, 0.2) is 48.5 Å². The second-order valence-electron chi connectivity index (χ2n) is 8.09. The van der Waals surface area contributed by atoms with Crippen molar-refractivity contribution in [3.8, 4) is 0 Å². The molecule has 0 aliphatic carbocycles. The summed E-state index contributed by atoms with van der Waals surface area (Å²) in [6, 6.07) is 15.4. The van der Waals surface area contributed by atoms with Gasteiger partial charge in [-0.25, -0.2) is 0 Å². The Morgan fingerprint density at radius 1 is 0.667 bits per heavy atom. The Labute approximate surface area is 162 Å². The number of hydrogen-bond donors (Lipinski definition) is 2. The molecular formula is C23H30N2O2. The summed E-state index contributed by atoms with van der Waals surface area (Å²) in [6.07, 6.45) is 0. The summed E-state index contributed by atoms with van der Waals surface area (Å²) in [6.45, 7) is 11.7. The second kappa shape index (κ2) is 8.38. The van der Waals surface area contributed by atoms with Gasteiger partial charge in [-0.1, -0.05) is 52.0 Å². The van der Waals surface area contributed by atoms with Gasteiger partial charge in [-0.15, -0.1) is 0 Å². The molecule has 2 rings (SSSR count). The van der Waals surface area contributed by atoms with Crippen molar-refractivity contribution >= 4 is 23.2 Å². The molecule has 2 aromatic rings. The Kier molecular flexibility index (Phi) is 6.42. The van der Waals surface area contributed by atoms with E-state index in [0.717, 1.165) is 0 Å². The maximum Gasteiger partial charge on any atom is 0.239 e. The molecule has 0 aliphatic rings. The molecule has 0 spiro atoms. The SMILES string of the molecule is CC(C)c1ccc(NC(=O)C(C)(C)C(=O)Nc2ccc(C(C)C)cc2)cc1. The molecule has 0 saturated carbocycles. The van der Waals surface area contributed by atoms with E-state index in [1.807, 2.05) is 48.5 Å². The van der Waals surface area contributed by atoms with Crippen LogP contribution in [0.5, 0.6) is 0 Å². The summed E-state index contributed by atoms with van der Waals surface area (Å²) in [5.41, 5.74) is 2.58. The fourth-order valence-corrected chi connectivity index (χ4v) is 2.58. The van der Waals surface area contributed by atoms with Gasteiger partial charge in [-0.3, -0.25) is 9.59 Å². The number of carbonyl (C=O) groups is 2. The van der Waals surface area contributed by atoms with Crippen LogP contribution in [0.25, 0.3) is 0 Å². The summed E-state index contributed by atoms with van der Waals surface area (Å²) >= 11 is 0. The Balaban J connectivity index is 2.04. The highest BCUT2D eigenvalue weighted by molar-refractivity contribution is 6.13. The Morgan fingerprint density at radius 2 is 0.963 bits per heavy atom. The van der Waals surface area contributed by atoms with Gasteiger partial charge in [-0.05, 0) is 61.1 Å². The summed E-state index contributed by atoms with van der Waals surface area (Å²) in [7, 11) is 0. The molecule has 0 saturated heterocycles. The summed E-state index contributed by atoms with van der Waals surface area (Å²) < 4.78 is 0. The minimum atomic E-state index is -1.20. The average molecular weight is 367 g/mol. The highest BCUT2D eigenvalue weighted by Gasteiger charge is 2.36. The zero-order valence-electron chi connectivity index (χ0n) is 17.1. The standard InChI is InChI=1S/C23H30N2O2/c1-15(2)17-7-11-19(12-8-17)24-21(26)23(5,6)22(27)25-20-13-9-18(10-14-20)16(3)4/h7-16H,1-6H3,(H,24,26)(H,25,27). The van der Waals surface area contributed by atoms with E-state index in [2.05, 4.69) is 38.3 Å². The third-order valence-corrected chi connectivity index (χ3v) is 4.81. The van der Waals surface area contributed by atoms with Crippen molar-refractivity contribution in [2.24, 2.45) is 5.41 Å². The summed E-state index contributed by atoms with van der Waals surface area (Å²) in [5.74, 6) is 0.185. The molecule has 27 heavy (non-hydrogen) atoms. The van der Waals surface area contributed by atoms with Crippen LogP contribution in [-0.4, -0.2) is 11.8 Å². The number of carbonyl (C=O) groups excluding carboxylic acids is 2. The maximum atomic E-state index is 12.7. The molecule has 0 heterocycles. The van der Waals surface area contributed by atoms with Gasteiger partial charge in [0, 0.05) is 11.4 Å². The molecule has 4 heteroatoms. The van der Waals surface area contributed by atoms with Crippen LogP contribution in [0, 0.1) is 5.41 Å². The molecule has 0 unspecified atom stereocenters. The Bertz CT molecular complexity index is 721. The van der Waals surface area contributed by atoms with Gasteiger partial charge >= 0.3 is 0 Å². The molecular weight excluding hydrogens is 336 g/mol. The number of amides is 2. The van der Waals surface area contributed by atoms with E-state index in [-0.39, 0.29) is 11.8 Å². The van der Waals surface area contributed by atoms with Crippen molar-refractivity contribution in [3.05, 3.63) is 59.7 Å². The normalized spacial score (nSPS) is 11.6. The van der Waals surface area contributed by atoms with Crippen LogP contribution < -0.4 is 10.6 Å². The number of hydrogen-bond acceptors (Lipinski definition) is 2. The van der Waals surface area contributed by atoms with Crippen molar-refractivity contribution in [1.82, 2.24) is 0 Å². The molecule has 0 aliphatic heterocycles. The van der Waals surface area contributed by atoms with Crippen molar-refractivity contribution in [3.63, 3.8) is 0 Å². The lowest BCUT2D eigenvalue weighted by atomic mass is 9.90. The zero-order chi connectivity index (χ0) is 20.2. The minimum absolute atomic E-state index is 0.337. The fraction of sp³-hybridized carbons (Fsp3) is 0.391. The van der Waals surface area contributed by atoms with E-state index in [9.17, 15) is 9.59 Å². The largest absolute Gasteiger partial charge is 0.325 e. The number of nitrogens with one attached hydrogen (secondary N) is 2. The van der Waals surface area contributed by atoms with Crippen molar-refractivity contribution in [2.45, 2.75) is 53.4 Å². The van der Waals surface area contributed by atoms with Crippen molar-refractivity contribution < 1.29 is 9.59 Å². The molecule has 0 bridgehead atoms. The van der Waals surface area contributed by atoms with E-state index in [0.29, 0.717) is 23.2 Å². The van der Waals surface area contributed by atoms with Gasteiger partial charge in [0.25, 0.3) is 0 Å². The monoisotopic (exact) mass is 366 g/mol. The zero-order valence-corrected chi connectivity index (χ0v) is 17.1. The molecule has 0 fully saturated rings. The molecule has 2 aromatic carbocycles. The van der Waals surface area contributed by atoms with E-state index in [4.69, 9.17) is 0 Å². The van der Waals surface area contributed by atoms with Crippen LogP contribution in [-0.2, 0) is 9.59 Å². The lowest BCUT2D eigenvalue weighted by Crippen LogP contribution is -2.41. The summed E-state index contributed by atoms with van der Waals surface area (Å²) in [5, 5.41) is 5.68. The van der Waals surface area contributed by atoms with E-state index >= 15 is 0 Å². The topological polar surface area (TPSA) is 58.2 Å². The molecule has 2 amide bonds. The lowest BCUT2D eigenvalue weighted by molar-refractivity contribution is -0.135. The van der Waals surface area contributed by atoms with Crippen LogP contribution in [0.2, 0.25) is 0 Å². The van der Waals surface area contributed by atoms with Crippen LogP contribution >= 0.6 is 0 Å². The van der Waals surface area contributed by atoms with E-state index in [1.165, 1.54) is 11.1 Å². The van der Waals surface area contributed by atoms with Gasteiger partial charge in [0.05, 0.1) is 0 Å². The van der Waals surface area contributed by atoms with Crippen LogP contribution in [0.4, 0.5) is 11.4 Å². The predicted octanol–water partition coefficient (Wildman–Crippen LogP) is 5.54. The Hall–Kier alpha value is -2.62. The van der Waals surface area contributed by atoms with Crippen LogP contribution in [0.3, 0.4) is 0 Å². The average Bonchev–Trinajstić information content (AvgIpc) is 2.62. The maximum absolute atomic E-state index is 12.7. The molecule has 144 valence electrons. The highest BCUT2D eigenvalue weighted by Crippen LogP contribution is 2.24. The van der Waals surface area contributed by atoms with Crippen molar-refractivity contribution in [2.75, 3.05) is 10.6 Å². The smallest absolute Gasteiger partial charge is 0.239 e. The summed E-state index contributed by atoms with van der Waals surface area (Å²) in [4.78, 5) is 25.3. The molecule has 0 atom stereocenters. The van der Waals surface area contributed by atoms with Gasteiger partial charge in [0.15, 0.2) is 0 Å². The van der Waals surface area contributed by atoms with E-state index < -0.39 is 5.41 Å². The van der Waals surface area contributed by atoms with Gasteiger partial charge < -0.3 is 10.6 Å². The van der Waals surface area contributed by atoms with Gasteiger partial charge in [0.1, 0.15) is 5.41 Å². The predicted molar refractivity (Wildman–Crippen MR) is 112 cm³/mol. The fourth-order valence-electron chi connectivity index (χ4n) is 2.58. The van der Waals surface area contributed by atoms with Crippen molar-refractivity contribution in [1.29, 1.82) is 0 Å². The molecule has 0 radical (unpaired) electrons. The minimum Gasteiger partial charge on any atom is -0.325 e. The first kappa shape index (κ1) is 20.7. The molecule has 0 aromatic heterocycles. The van der Waals surface area contributed by atoms with E-state index in [1.54, 1.807) is 13.8 Å². The molecule has 2 N–H and O–H groups in total. The number of benzene rings is 2. The third-order valence-electron chi connectivity index (χ3n) is 4.81.